The first-order chi connectivity index (χ1) is 7.62. The molecule has 1 heterocycles. The lowest BCUT2D eigenvalue weighted by Crippen LogP contribution is -2.39. The number of carbonyl (C=O) groups excluding carboxylic acids is 1. The standard InChI is InChI=1S/C10H17NO5S/c1-10(2,9(13)14)5-8(12)11-7-3-4-17(15,16)6-7/h7H,3-6H2,1-2H3,(H,11,12)(H,13,14). The first kappa shape index (κ1) is 14.0. The first-order valence-corrected chi connectivity index (χ1v) is 7.18. The van der Waals surface area contributed by atoms with Crippen LogP contribution in [0.1, 0.15) is 26.7 Å². The minimum Gasteiger partial charge on any atom is -0.481 e. The van der Waals surface area contributed by atoms with Crippen molar-refractivity contribution in [3.63, 3.8) is 0 Å². The van der Waals surface area contributed by atoms with E-state index >= 15 is 0 Å². The summed E-state index contributed by atoms with van der Waals surface area (Å²) in [5.41, 5.74) is -1.14. The second kappa shape index (κ2) is 4.64. The normalized spacial score (nSPS) is 23.3. The minimum absolute atomic E-state index is 0.0494. The van der Waals surface area contributed by atoms with Crippen LogP contribution in [0.5, 0.6) is 0 Å². The fourth-order valence-corrected chi connectivity index (χ4v) is 3.34. The zero-order chi connectivity index (χ0) is 13.3. The molecule has 0 aliphatic carbocycles. The van der Waals surface area contributed by atoms with E-state index in [2.05, 4.69) is 5.32 Å². The van der Waals surface area contributed by atoms with Crippen LogP contribution in [0.4, 0.5) is 0 Å². The number of hydrogen-bond acceptors (Lipinski definition) is 4. The van der Waals surface area contributed by atoms with Crippen molar-refractivity contribution in [2.45, 2.75) is 32.7 Å². The molecule has 1 aliphatic rings. The largest absolute Gasteiger partial charge is 0.481 e. The van der Waals surface area contributed by atoms with Gasteiger partial charge in [0.15, 0.2) is 9.84 Å². The Morgan fingerprint density at radius 1 is 1.41 bits per heavy atom. The Labute approximate surface area is 100 Å². The molecule has 7 heteroatoms. The Morgan fingerprint density at radius 2 is 2.00 bits per heavy atom. The molecule has 1 aliphatic heterocycles. The molecule has 2 N–H and O–H groups in total. The number of sulfone groups is 1. The van der Waals surface area contributed by atoms with E-state index in [1.807, 2.05) is 0 Å². The van der Waals surface area contributed by atoms with Crippen molar-refractivity contribution < 1.29 is 23.1 Å². The van der Waals surface area contributed by atoms with Crippen molar-refractivity contribution in [1.82, 2.24) is 5.32 Å². The number of aliphatic carboxylic acids is 1. The minimum atomic E-state index is -3.03. The third kappa shape index (κ3) is 3.99. The number of nitrogens with one attached hydrogen (secondary N) is 1. The summed E-state index contributed by atoms with van der Waals surface area (Å²) in [6.45, 7) is 2.92. The van der Waals surface area contributed by atoms with E-state index in [0.29, 0.717) is 6.42 Å². The number of carboxylic acids is 1. The fraction of sp³-hybridized carbons (Fsp3) is 0.800. The molecule has 17 heavy (non-hydrogen) atoms. The molecule has 1 amide bonds. The summed E-state index contributed by atoms with van der Waals surface area (Å²) in [6, 6.07) is -0.378. The van der Waals surface area contributed by atoms with Crippen LogP contribution in [0.15, 0.2) is 0 Å². The van der Waals surface area contributed by atoms with Crippen LogP contribution in [0.2, 0.25) is 0 Å². The molecule has 1 fully saturated rings. The van der Waals surface area contributed by atoms with Crippen LogP contribution >= 0.6 is 0 Å². The maximum absolute atomic E-state index is 11.6. The molecule has 0 aromatic carbocycles. The third-order valence-corrected chi connectivity index (χ3v) is 4.55. The maximum atomic E-state index is 11.6. The molecule has 0 saturated carbocycles. The second-order valence-electron chi connectivity index (χ2n) is 5.03. The topological polar surface area (TPSA) is 101 Å². The van der Waals surface area contributed by atoms with Crippen LogP contribution in [0.3, 0.4) is 0 Å². The van der Waals surface area contributed by atoms with E-state index < -0.39 is 27.1 Å². The van der Waals surface area contributed by atoms with Gasteiger partial charge in [0.25, 0.3) is 0 Å². The zero-order valence-electron chi connectivity index (χ0n) is 9.89. The molecular weight excluding hydrogens is 246 g/mol. The van der Waals surface area contributed by atoms with E-state index in [1.54, 1.807) is 0 Å². The Morgan fingerprint density at radius 3 is 2.41 bits per heavy atom. The number of hydrogen-bond donors (Lipinski definition) is 2. The van der Waals surface area contributed by atoms with Gasteiger partial charge in [0, 0.05) is 12.5 Å². The summed E-state index contributed by atoms with van der Waals surface area (Å²) in [6.07, 6.45) is 0.250. The van der Waals surface area contributed by atoms with Gasteiger partial charge in [-0.2, -0.15) is 0 Å². The van der Waals surface area contributed by atoms with Gasteiger partial charge in [-0.15, -0.1) is 0 Å². The van der Waals surface area contributed by atoms with E-state index in [0.717, 1.165) is 0 Å². The van der Waals surface area contributed by atoms with E-state index in [-0.39, 0.29) is 24.0 Å². The Kier molecular flexibility index (Phi) is 3.81. The third-order valence-electron chi connectivity index (χ3n) is 2.78. The predicted octanol–water partition coefficient (Wildman–Crippen LogP) is -0.209. The maximum Gasteiger partial charge on any atom is 0.309 e. The van der Waals surface area contributed by atoms with Gasteiger partial charge in [0.2, 0.25) is 5.91 Å². The number of rotatable bonds is 4. The predicted molar refractivity (Wildman–Crippen MR) is 61.2 cm³/mol. The second-order valence-corrected chi connectivity index (χ2v) is 7.26. The molecule has 1 saturated heterocycles. The van der Waals surface area contributed by atoms with Gasteiger partial charge >= 0.3 is 5.97 Å². The van der Waals surface area contributed by atoms with Crippen LogP contribution in [-0.4, -0.2) is 42.9 Å². The lowest BCUT2D eigenvalue weighted by Gasteiger charge is -2.19. The van der Waals surface area contributed by atoms with E-state index in [1.165, 1.54) is 13.8 Å². The Bertz CT molecular complexity index is 426. The highest BCUT2D eigenvalue weighted by atomic mass is 32.2. The van der Waals surface area contributed by atoms with Gasteiger partial charge in [-0.25, -0.2) is 8.42 Å². The molecule has 0 radical (unpaired) electrons. The SMILES string of the molecule is CC(C)(CC(=O)NC1CCS(=O)(=O)C1)C(=O)O. The number of amides is 1. The number of carboxylic acid groups (broad SMARTS) is 1. The van der Waals surface area contributed by atoms with Crippen LogP contribution < -0.4 is 5.32 Å². The van der Waals surface area contributed by atoms with Crippen molar-refractivity contribution in [1.29, 1.82) is 0 Å². The first-order valence-electron chi connectivity index (χ1n) is 5.35. The Balaban J connectivity index is 2.49. The van der Waals surface area contributed by atoms with Gasteiger partial charge in [0.05, 0.1) is 16.9 Å². The van der Waals surface area contributed by atoms with Crippen molar-refractivity contribution in [3.8, 4) is 0 Å². The average Bonchev–Trinajstić information content (AvgIpc) is 2.43. The quantitative estimate of drug-likeness (QED) is 0.731. The highest BCUT2D eigenvalue weighted by Crippen LogP contribution is 2.20. The molecule has 0 aromatic rings. The summed E-state index contributed by atoms with van der Waals surface area (Å²) in [7, 11) is -3.03. The lowest BCUT2D eigenvalue weighted by molar-refractivity contribution is -0.149. The van der Waals surface area contributed by atoms with Gasteiger partial charge in [-0.3, -0.25) is 9.59 Å². The molecule has 1 unspecified atom stereocenters. The summed E-state index contributed by atoms with van der Waals surface area (Å²) in [4.78, 5) is 22.4. The highest BCUT2D eigenvalue weighted by molar-refractivity contribution is 7.91. The summed E-state index contributed by atoms with van der Waals surface area (Å²) in [5, 5.41) is 11.4. The van der Waals surface area contributed by atoms with E-state index in [9.17, 15) is 18.0 Å². The highest BCUT2D eigenvalue weighted by Gasteiger charge is 2.33. The summed E-state index contributed by atoms with van der Waals surface area (Å²) >= 11 is 0. The smallest absolute Gasteiger partial charge is 0.309 e. The van der Waals surface area contributed by atoms with Gasteiger partial charge in [-0.1, -0.05) is 0 Å². The molecule has 6 nitrogen and oxygen atoms in total. The molecule has 0 spiro atoms. The van der Waals surface area contributed by atoms with E-state index in [4.69, 9.17) is 5.11 Å². The fourth-order valence-electron chi connectivity index (χ4n) is 1.66. The molecule has 0 bridgehead atoms. The molecule has 1 rings (SSSR count). The van der Waals surface area contributed by atoms with Crippen molar-refractivity contribution in [3.05, 3.63) is 0 Å². The van der Waals surface area contributed by atoms with Crippen LogP contribution in [0.25, 0.3) is 0 Å². The average molecular weight is 263 g/mol. The molecule has 98 valence electrons. The van der Waals surface area contributed by atoms with Crippen molar-refractivity contribution in [2.24, 2.45) is 5.41 Å². The zero-order valence-corrected chi connectivity index (χ0v) is 10.7. The Hall–Kier alpha value is -1.11. The van der Waals surface area contributed by atoms with Gasteiger partial charge < -0.3 is 10.4 Å². The monoisotopic (exact) mass is 263 g/mol. The summed E-state index contributed by atoms with van der Waals surface area (Å²) < 4.78 is 22.3. The molecular formula is C10H17NO5S. The molecule has 0 aromatic heterocycles. The van der Waals surface area contributed by atoms with Gasteiger partial charge in [-0.05, 0) is 20.3 Å². The van der Waals surface area contributed by atoms with Crippen molar-refractivity contribution in [2.75, 3.05) is 11.5 Å². The van der Waals surface area contributed by atoms with Crippen LogP contribution in [0, 0.1) is 5.41 Å². The van der Waals surface area contributed by atoms with Crippen LogP contribution in [-0.2, 0) is 19.4 Å². The van der Waals surface area contributed by atoms with Gasteiger partial charge in [0.1, 0.15) is 0 Å². The lowest BCUT2D eigenvalue weighted by atomic mass is 9.89. The van der Waals surface area contributed by atoms with Crippen molar-refractivity contribution >= 4 is 21.7 Å². The number of carbonyl (C=O) groups is 2. The molecule has 1 atom stereocenters. The summed E-state index contributed by atoms with van der Waals surface area (Å²) in [5.74, 6) is -1.43.